The maximum absolute atomic E-state index is 5.81. The van der Waals surface area contributed by atoms with Gasteiger partial charge in [-0.2, -0.15) is 5.10 Å². The molecule has 96 valence electrons. The molecule has 1 unspecified atom stereocenters. The third-order valence-corrected chi connectivity index (χ3v) is 3.34. The van der Waals surface area contributed by atoms with E-state index in [-0.39, 0.29) is 11.8 Å². The molecule has 0 aromatic carbocycles. The molecule has 1 aromatic heterocycles. The molecule has 1 aliphatic heterocycles. The van der Waals surface area contributed by atoms with Crippen LogP contribution in [0.3, 0.4) is 0 Å². The van der Waals surface area contributed by atoms with Crippen LogP contribution in [0, 0.1) is 0 Å². The number of hydrogen-bond donors (Lipinski definition) is 0. The van der Waals surface area contributed by atoms with E-state index in [1.165, 1.54) is 6.42 Å². The normalized spacial score (nSPS) is 21.7. The Labute approximate surface area is 110 Å². The van der Waals surface area contributed by atoms with Crippen molar-refractivity contribution in [3.05, 3.63) is 16.9 Å². The summed E-state index contributed by atoms with van der Waals surface area (Å²) in [5, 5.41) is 4.30. The molecule has 5 heteroatoms. The number of hydrogen-bond acceptors (Lipinski definition) is 3. The Morgan fingerprint density at radius 2 is 2.41 bits per heavy atom. The minimum absolute atomic E-state index is 0.0398. The molecule has 0 aliphatic carbocycles. The van der Waals surface area contributed by atoms with Crippen LogP contribution in [0.4, 0.5) is 0 Å². The van der Waals surface area contributed by atoms with Crippen molar-refractivity contribution >= 4 is 15.9 Å². The number of aromatic nitrogens is 2. The molecule has 1 aliphatic rings. The standard InChI is InChI=1S/C12H19BrN2O2/c1-12(2,15-8-10(13)7-14-15)9-17-11-5-3-4-6-16-11/h7-8,11H,3-6,9H2,1-2H3. The van der Waals surface area contributed by atoms with E-state index in [0.717, 1.165) is 23.9 Å². The average molecular weight is 303 g/mol. The lowest BCUT2D eigenvalue weighted by Gasteiger charge is -2.29. The van der Waals surface area contributed by atoms with Gasteiger partial charge in [0, 0.05) is 12.8 Å². The number of ether oxygens (including phenoxy) is 2. The SMILES string of the molecule is CC(C)(COC1CCCCO1)n1cc(Br)cn1. The Balaban J connectivity index is 1.88. The molecular weight excluding hydrogens is 284 g/mol. The maximum Gasteiger partial charge on any atom is 0.157 e. The van der Waals surface area contributed by atoms with Crippen LogP contribution in [0.5, 0.6) is 0 Å². The first-order valence-corrected chi connectivity index (χ1v) is 6.81. The van der Waals surface area contributed by atoms with Gasteiger partial charge in [0.05, 0.1) is 22.8 Å². The molecule has 17 heavy (non-hydrogen) atoms. The summed E-state index contributed by atoms with van der Waals surface area (Å²) in [7, 11) is 0. The largest absolute Gasteiger partial charge is 0.353 e. The Bertz CT molecular complexity index is 359. The van der Waals surface area contributed by atoms with Gasteiger partial charge >= 0.3 is 0 Å². The number of halogens is 1. The second kappa shape index (κ2) is 5.50. The third-order valence-electron chi connectivity index (χ3n) is 2.93. The summed E-state index contributed by atoms with van der Waals surface area (Å²) >= 11 is 3.40. The van der Waals surface area contributed by atoms with Gasteiger partial charge in [-0.05, 0) is 49.0 Å². The monoisotopic (exact) mass is 302 g/mol. The molecule has 1 aromatic rings. The zero-order chi connectivity index (χ0) is 12.3. The molecule has 0 N–H and O–H groups in total. The highest BCUT2D eigenvalue weighted by Crippen LogP contribution is 2.21. The molecule has 1 fully saturated rings. The smallest absolute Gasteiger partial charge is 0.157 e. The van der Waals surface area contributed by atoms with E-state index in [2.05, 4.69) is 34.9 Å². The van der Waals surface area contributed by atoms with E-state index in [1.807, 2.05) is 10.9 Å². The zero-order valence-corrected chi connectivity index (χ0v) is 11.9. The highest BCUT2D eigenvalue weighted by Gasteiger charge is 2.24. The zero-order valence-electron chi connectivity index (χ0n) is 10.4. The predicted octanol–water partition coefficient (Wildman–Crippen LogP) is 2.92. The van der Waals surface area contributed by atoms with Crippen LogP contribution in [0.15, 0.2) is 16.9 Å². The van der Waals surface area contributed by atoms with Crippen LogP contribution in [0.1, 0.15) is 33.1 Å². The van der Waals surface area contributed by atoms with Crippen molar-refractivity contribution in [1.82, 2.24) is 9.78 Å². The van der Waals surface area contributed by atoms with Crippen LogP contribution >= 0.6 is 15.9 Å². The highest BCUT2D eigenvalue weighted by molar-refractivity contribution is 9.10. The van der Waals surface area contributed by atoms with E-state index < -0.39 is 0 Å². The maximum atomic E-state index is 5.81. The first-order valence-electron chi connectivity index (χ1n) is 6.02. The first kappa shape index (κ1) is 13.1. The second-order valence-electron chi connectivity index (χ2n) is 5.02. The quantitative estimate of drug-likeness (QED) is 0.858. The van der Waals surface area contributed by atoms with Gasteiger partial charge in [0.2, 0.25) is 0 Å². The summed E-state index contributed by atoms with van der Waals surface area (Å²) in [5.74, 6) is 0. The van der Waals surface area contributed by atoms with E-state index in [9.17, 15) is 0 Å². The fourth-order valence-electron chi connectivity index (χ4n) is 1.84. The summed E-state index contributed by atoms with van der Waals surface area (Å²) in [6.07, 6.45) is 7.05. The van der Waals surface area contributed by atoms with Crippen LogP contribution in [0.25, 0.3) is 0 Å². The van der Waals surface area contributed by atoms with E-state index in [1.54, 1.807) is 6.20 Å². The van der Waals surface area contributed by atoms with Crippen molar-refractivity contribution < 1.29 is 9.47 Å². The molecule has 0 saturated carbocycles. The number of rotatable bonds is 4. The van der Waals surface area contributed by atoms with Gasteiger partial charge in [0.15, 0.2) is 6.29 Å². The van der Waals surface area contributed by atoms with Crippen molar-refractivity contribution in [3.63, 3.8) is 0 Å². The molecule has 2 heterocycles. The van der Waals surface area contributed by atoms with Gasteiger partial charge < -0.3 is 9.47 Å². The second-order valence-corrected chi connectivity index (χ2v) is 5.94. The van der Waals surface area contributed by atoms with Gasteiger partial charge in [0.1, 0.15) is 0 Å². The summed E-state index contributed by atoms with van der Waals surface area (Å²) in [6.45, 7) is 5.63. The number of nitrogens with zero attached hydrogens (tertiary/aromatic N) is 2. The Kier molecular flexibility index (Phi) is 4.22. The molecule has 0 bridgehead atoms. The van der Waals surface area contributed by atoms with Gasteiger partial charge in [-0.1, -0.05) is 0 Å². The van der Waals surface area contributed by atoms with E-state index in [0.29, 0.717) is 6.61 Å². The van der Waals surface area contributed by atoms with Crippen molar-refractivity contribution in [2.45, 2.75) is 44.9 Å². The van der Waals surface area contributed by atoms with Crippen LogP contribution < -0.4 is 0 Å². The Hall–Kier alpha value is -0.390. The van der Waals surface area contributed by atoms with Crippen molar-refractivity contribution in [2.75, 3.05) is 13.2 Å². The van der Waals surface area contributed by atoms with E-state index >= 15 is 0 Å². The van der Waals surface area contributed by atoms with Crippen molar-refractivity contribution in [3.8, 4) is 0 Å². The van der Waals surface area contributed by atoms with Gasteiger partial charge in [-0.25, -0.2) is 0 Å². The molecule has 0 amide bonds. The average Bonchev–Trinajstić information content (AvgIpc) is 2.76. The molecule has 1 atom stereocenters. The van der Waals surface area contributed by atoms with Gasteiger partial charge in [-0.15, -0.1) is 0 Å². The van der Waals surface area contributed by atoms with Gasteiger partial charge in [0.25, 0.3) is 0 Å². The minimum Gasteiger partial charge on any atom is -0.353 e. The third kappa shape index (κ3) is 3.53. The Morgan fingerprint density at radius 1 is 1.59 bits per heavy atom. The summed E-state index contributed by atoms with van der Waals surface area (Å²) in [5.41, 5.74) is -0.160. The molecular formula is C12H19BrN2O2. The first-order chi connectivity index (χ1) is 8.08. The van der Waals surface area contributed by atoms with Crippen LogP contribution in [-0.4, -0.2) is 29.3 Å². The van der Waals surface area contributed by atoms with Crippen molar-refractivity contribution in [2.24, 2.45) is 0 Å². The van der Waals surface area contributed by atoms with E-state index in [4.69, 9.17) is 9.47 Å². The fourth-order valence-corrected chi connectivity index (χ4v) is 2.12. The predicted molar refractivity (Wildman–Crippen MR) is 68.8 cm³/mol. The minimum atomic E-state index is -0.160. The summed E-state index contributed by atoms with van der Waals surface area (Å²) in [6, 6.07) is 0. The molecule has 0 radical (unpaired) electrons. The van der Waals surface area contributed by atoms with Crippen LogP contribution in [-0.2, 0) is 15.0 Å². The highest BCUT2D eigenvalue weighted by atomic mass is 79.9. The lowest BCUT2D eigenvalue weighted by atomic mass is 10.1. The fraction of sp³-hybridized carbons (Fsp3) is 0.750. The van der Waals surface area contributed by atoms with Gasteiger partial charge in [-0.3, -0.25) is 4.68 Å². The molecule has 0 spiro atoms. The lowest BCUT2D eigenvalue weighted by Crippen LogP contribution is -2.35. The van der Waals surface area contributed by atoms with Crippen LogP contribution in [0.2, 0.25) is 0 Å². The molecule has 2 rings (SSSR count). The topological polar surface area (TPSA) is 36.3 Å². The Morgan fingerprint density at radius 3 is 3.00 bits per heavy atom. The molecule has 1 saturated heterocycles. The summed E-state index contributed by atoms with van der Waals surface area (Å²) in [4.78, 5) is 0. The molecule has 4 nitrogen and oxygen atoms in total. The summed E-state index contributed by atoms with van der Waals surface area (Å²) < 4.78 is 14.3. The lowest BCUT2D eigenvalue weighted by molar-refractivity contribution is -0.175. The van der Waals surface area contributed by atoms with Crippen molar-refractivity contribution in [1.29, 1.82) is 0 Å².